The van der Waals surface area contributed by atoms with Gasteiger partial charge in [-0.1, -0.05) is 28.8 Å². The molecule has 2 unspecified atom stereocenters. The summed E-state index contributed by atoms with van der Waals surface area (Å²) in [5, 5.41) is 0.430. The molecule has 0 N–H and O–H groups in total. The second-order valence-corrected chi connectivity index (χ2v) is 4.90. The highest BCUT2D eigenvalue weighted by atomic mass is 79.9. The number of hydrogen-bond donors (Lipinski definition) is 0. The van der Waals surface area contributed by atoms with E-state index in [2.05, 4.69) is 20.9 Å². The minimum absolute atomic E-state index is 0.191. The topological polar surface area (TPSA) is 26.0 Å². The van der Waals surface area contributed by atoms with Crippen LogP contribution in [0.3, 0.4) is 0 Å². The summed E-state index contributed by atoms with van der Waals surface area (Å²) in [4.78, 5) is 3.95. The van der Waals surface area contributed by atoms with E-state index in [9.17, 15) is 13.2 Å². The number of rotatable bonds is 2. The quantitative estimate of drug-likeness (QED) is 0.756. The highest BCUT2D eigenvalue weighted by Crippen LogP contribution is 2.47. The molecule has 0 aliphatic heterocycles. The van der Waals surface area contributed by atoms with Gasteiger partial charge in [-0.05, 0) is 12.8 Å². The van der Waals surface area contributed by atoms with Crippen LogP contribution in [0, 0.1) is 5.92 Å². The first-order chi connectivity index (χ1) is 8.04. The van der Waals surface area contributed by atoms with Crippen LogP contribution in [-0.2, 0) is 5.33 Å². The van der Waals surface area contributed by atoms with Crippen molar-refractivity contribution in [3.8, 4) is 0 Å². The van der Waals surface area contributed by atoms with Crippen molar-refractivity contribution in [3.63, 3.8) is 0 Å². The summed E-state index contributed by atoms with van der Waals surface area (Å²) in [7, 11) is 0. The highest BCUT2D eigenvalue weighted by Gasteiger charge is 2.47. The van der Waals surface area contributed by atoms with Crippen molar-refractivity contribution in [1.29, 1.82) is 0 Å². The molecule has 0 amide bonds. The van der Waals surface area contributed by atoms with Crippen molar-refractivity contribution >= 4 is 15.9 Å². The number of alkyl halides is 4. The van der Waals surface area contributed by atoms with E-state index in [0.717, 1.165) is 6.42 Å². The summed E-state index contributed by atoms with van der Waals surface area (Å²) >= 11 is 3.22. The van der Waals surface area contributed by atoms with Crippen molar-refractivity contribution in [1.82, 2.24) is 4.98 Å². The molecule has 6 heteroatoms. The number of aromatic nitrogens is 1. The van der Waals surface area contributed by atoms with Crippen LogP contribution in [0.2, 0.25) is 0 Å². The van der Waals surface area contributed by atoms with Crippen molar-refractivity contribution < 1.29 is 17.6 Å². The zero-order valence-electron chi connectivity index (χ0n) is 9.13. The van der Waals surface area contributed by atoms with Gasteiger partial charge in [0.2, 0.25) is 0 Å². The molecule has 0 bridgehead atoms. The van der Waals surface area contributed by atoms with Crippen LogP contribution in [0.5, 0.6) is 0 Å². The van der Waals surface area contributed by atoms with Gasteiger partial charge in [0, 0.05) is 11.2 Å². The van der Waals surface area contributed by atoms with E-state index in [1.807, 2.05) is 0 Å². The second kappa shape index (κ2) is 5.00. The van der Waals surface area contributed by atoms with Crippen molar-refractivity contribution in [2.45, 2.75) is 43.1 Å². The first-order valence-electron chi connectivity index (χ1n) is 5.59. The third kappa shape index (κ3) is 2.67. The van der Waals surface area contributed by atoms with E-state index in [0.29, 0.717) is 29.6 Å². The standard InChI is InChI=1S/C11H13BrF3NO/c12-5-9-10(17-6-16-9)7-3-1-2-4-8(7)11(13,14)15/h6-8H,1-5H2. The average Bonchev–Trinajstić information content (AvgIpc) is 2.75. The first-order valence-corrected chi connectivity index (χ1v) is 6.71. The molecule has 0 aromatic carbocycles. The summed E-state index contributed by atoms with van der Waals surface area (Å²) in [5.74, 6) is -1.45. The van der Waals surface area contributed by atoms with Gasteiger partial charge in [0.1, 0.15) is 5.76 Å². The number of hydrogen-bond acceptors (Lipinski definition) is 2. The van der Waals surface area contributed by atoms with Crippen LogP contribution in [0.1, 0.15) is 43.1 Å². The molecular formula is C11H13BrF3NO. The van der Waals surface area contributed by atoms with E-state index in [1.54, 1.807) is 0 Å². The summed E-state index contributed by atoms with van der Waals surface area (Å²) in [6.45, 7) is 0. The van der Waals surface area contributed by atoms with Gasteiger partial charge < -0.3 is 4.42 Å². The highest BCUT2D eigenvalue weighted by molar-refractivity contribution is 9.08. The molecule has 1 aromatic rings. The molecule has 1 aliphatic rings. The van der Waals surface area contributed by atoms with Crippen LogP contribution < -0.4 is 0 Å². The molecule has 1 fully saturated rings. The van der Waals surface area contributed by atoms with Gasteiger partial charge >= 0.3 is 6.18 Å². The number of nitrogens with zero attached hydrogens (tertiary/aromatic N) is 1. The smallest absolute Gasteiger partial charge is 0.392 e. The van der Waals surface area contributed by atoms with Gasteiger partial charge in [0.15, 0.2) is 6.39 Å². The predicted molar refractivity (Wildman–Crippen MR) is 59.9 cm³/mol. The Morgan fingerprint density at radius 2 is 2.06 bits per heavy atom. The fourth-order valence-corrected chi connectivity index (χ4v) is 2.94. The Morgan fingerprint density at radius 1 is 1.35 bits per heavy atom. The van der Waals surface area contributed by atoms with E-state index >= 15 is 0 Å². The fourth-order valence-electron chi connectivity index (χ4n) is 2.52. The van der Waals surface area contributed by atoms with Gasteiger partial charge in [-0.3, -0.25) is 0 Å². The normalized spacial score (nSPS) is 26.1. The summed E-state index contributed by atoms with van der Waals surface area (Å²) in [6.07, 6.45) is -0.747. The maximum Gasteiger partial charge on any atom is 0.392 e. The lowest BCUT2D eigenvalue weighted by atomic mass is 9.77. The van der Waals surface area contributed by atoms with Gasteiger partial charge in [-0.25, -0.2) is 4.98 Å². The minimum atomic E-state index is -4.15. The average molecular weight is 312 g/mol. The second-order valence-electron chi connectivity index (χ2n) is 4.34. The molecule has 2 rings (SSSR count). The maximum atomic E-state index is 12.9. The Labute approximate surface area is 106 Å². The zero-order chi connectivity index (χ0) is 12.5. The molecule has 0 spiro atoms. The van der Waals surface area contributed by atoms with Crippen molar-refractivity contribution in [2.75, 3.05) is 0 Å². The number of halogens is 4. The molecule has 1 saturated carbocycles. The Balaban J connectivity index is 2.28. The lowest BCUT2D eigenvalue weighted by Gasteiger charge is -2.31. The fraction of sp³-hybridized carbons (Fsp3) is 0.727. The third-order valence-corrected chi connectivity index (χ3v) is 3.85. The molecule has 2 nitrogen and oxygen atoms in total. The Bertz CT molecular complexity index is 377. The van der Waals surface area contributed by atoms with E-state index in [-0.39, 0.29) is 6.42 Å². The van der Waals surface area contributed by atoms with Gasteiger partial charge in [0.05, 0.1) is 11.6 Å². The summed E-state index contributed by atoms with van der Waals surface area (Å²) < 4.78 is 44.0. The largest absolute Gasteiger partial charge is 0.448 e. The van der Waals surface area contributed by atoms with Gasteiger partial charge in [-0.2, -0.15) is 13.2 Å². The molecule has 0 radical (unpaired) electrons. The molecule has 1 aliphatic carbocycles. The molecule has 1 heterocycles. The Hall–Kier alpha value is -0.520. The third-order valence-electron chi connectivity index (χ3n) is 3.32. The van der Waals surface area contributed by atoms with Crippen LogP contribution in [-0.4, -0.2) is 11.2 Å². The van der Waals surface area contributed by atoms with Crippen molar-refractivity contribution in [3.05, 3.63) is 17.8 Å². The maximum absolute atomic E-state index is 12.9. The van der Waals surface area contributed by atoms with Crippen LogP contribution in [0.15, 0.2) is 10.8 Å². The first kappa shape index (κ1) is 12.9. The van der Waals surface area contributed by atoms with E-state index in [4.69, 9.17) is 4.42 Å². The molecule has 1 aromatic heterocycles. The molecule has 96 valence electrons. The van der Waals surface area contributed by atoms with Crippen LogP contribution in [0.25, 0.3) is 0 Å². The van der Waals surface area contributed by atoms with Crippen LogP contribution in [0.4, 0.5) is 13.2 Å². The van der Waals surface area contributed by atoms with Crippen molar-refractivity contribution in [2.24, 2.45) is 5.92 Å². The van der Waals surface area contributed by atoms with Gasteiger partial charge in [-0.15, -0.1) is 0 Å². The lowest BCUT2D eigenvalue weighted by Crippen LogP contribution is -2.31. The number of oxazole rings is 1. The molecule has 0 saturated heterocycles. The predicted octanol–water partition coefficient (Wildman–Crippen LogP) is 4.41. The Morgan fingerprint density at radius 3 is 2.71 bits per heavy atom. The molecule has 2 atom stereocenters. The summed E-state index contributed by atoms with van der Waals surface area (Å²) in [5.41, 5.74) is 0.589. The van der Waals surface area contributed by atoms with E-state index in [1.165, 1.54) is 6.39 Å². The summed E-state index contributed by atoms with van der Waals surface area (Å²) in [6, 6.07) is 0. The molecular weight excluding hydrogens is 299 g/mol. The monoisotopic (exact) mass is 311 g/mol. The SMILES string of the molecule is FC(F)(F)C1CCCCC1c1ocnc1CBr. The van der Waals surface area contributed by atoms with E-state index < -0.39 is 18.0 Å². The van der Waals surface area contributed by atoms with Gasteiger partial charge in [0.25, 0.3) is 0 Å². The Kier molecular flexibility index (Phi) is 3.80. The minimum Gasteiger partial charge on any atom is -0.448 e. The molecule has 17 heavy (non-hydrogen) atoms. The lowest BCUT2D eigenvalue weighted by molar-refractivity contribution is -0.188. The van der Waals surface area contributed by atoms with Crippen LogP contribution >= 0.6 is 15.9 Å². The zero-order valence-corrected chi connectivity index (χ0v) is 10.7.